The Morgan fingerprint density at radius 1 is 1.09 bits per heavy atom. The number of methoxy groups -OCH3 is 1. The molecule has 1 aromatic heterocycles. The first-order valence-corrected chi connectivity index (χ1v) is 17.3. The molecule has 0 aliphatic rings. The van der Waals surface area contributed by atoms with E-state index in [0.717, 1.165) is 11.3 Å². The number of amides is 3. The summed E-state index contributed by atoms with van der Waals surface area (Å²) < 4.78 is 17.5. The van der Waals surface area contributed by atoms with Crippen molar-refractivity contribution in [3.05, 3.63) is 52.0 Å². The predicted molar refractivity (Wildman–Crippen MR) is 172 cm³/mol. The third-order valence-corrected chi connectivity index (χ3v) is 9.51. The van der Waals surface area contributed by atoms with E-state index >= 15 is 0 Å². The lowest BCUT2D eigenvalue weighted by atomic mass is 9.93. The molecule has 5 N–H and O–H groups in total. The molecular weight excluding hydrogens is 621 g/mol. The van der Waals surface area contributed by atoms with Gasteiger partial charge in [0.25, 0.3) is 11.4 Å². The molecule has 3 amide bonds. The van der Waals surface area contributed by atoms with Crippen LogP contribution in [-0.4, -0.2) is 88.8 Å². The highest BCUT2D eigenvalue weighted by atomic mass is 32.1. The molecule has 0 aliphatic carbocycles. The zero-order valence-corrected chi connectivity index (χ0v) is 28.6. The van der Waals surface area contributed by atoms with Crippen LogP contribution >= 0.6 is 18.9 Å². The number of carbonyl (C=O) groups excluding carboxylic acids is 4. The Balaban J connectivity index is 2.25. The van der Waals surface area contributed by atoms with Gasteiger partial charge in [-0.2, -0.15) is 0 Å². The molecule has 0 spiro atoms. The number of thiazole rings is 1. The molecular formula is C30H46N5O8PS. The van der Waals surface area contributed by atoms with Crippen molar-refractivity contribution in [3.8, 4) is 0 Å². The van der Waals surface area contributed by atoms with E-state index in [-0.39, 0.29) is 48.4 Å². The maximum Gasteiger partial charge on any atom is 0.393 e. The highest BCUT2D eigenvalue weighted by molar-refractivity contribution is 7.70. The van der Waals surface area contributed by atoms with Crippen LogP contribution in [0.2, 0.25) is 0 Å². The minimum atomic E-state index is -5.13. The molecule has 13 nitrogen and oxygen atoms in total. The second kappa shape index (κ2) is 17.6. The van der Waals surface area contributed by atoms with E-state index in [1.165, 1.54) is 12.5 Å². The minimum absolute atomic E-state index is 0.00216. The van der Waals surface area contributed by atoms with E-state index in [1.807, 2.05) is 27.7 Å². The van der Waals surface area contributed by atoms with Gasteiger partial charge in [-0.3, -0.25) is 23.7 Å². The fourth-order valence-corrected chi connectivity index (χ4v) is 6.32. The Morgan fingerprint density at radius 3 is 2.27 bits per heavy atom. The van der Waals surface area contributed by atoms with Crippen molar-refractivity contribution < 1.29 is 38.3 Å². The summed E-state index contributed by atoms with van der Waals surface area (Å²) in [5.41, 5.74) is -0.822. The predicted octanol–water partition coefficient (Wildman–Crippen LogP) is 2.50. The lowest BCUT2D eigenvalue weighted by Crippen LogP contribution is -2.55. The van der Waals surface area contributed by atoms with Crippen LogP contribution in [0.1, 0.15) is 67.7 Å². The summed E-state index contributed by atoms with van der Waals surface area (Å²) in [7, 11) is -0.278. The molecule has 0 aliphatic heterocycles. The van der Waals surface area contributed by atoms with Crippen LogP contribution in [0.3, 0.4) is 0 Å². The Bertz CT molecular complexity index is 1330. The van der Waals surface area contributed by atoms with Crippen LogP contribution in [0.5, 0.6) is 0 Å². The molecule has 0 saturated heterocycles. The molecule has 0 radical (unpaired) electrons. The van der Waals surface area contributed by atoms with E-state index in [9.17, 15) is 33.5 Å². The number of hydrogen-bond donors (Lipinski definition) is 5. The smallest absolute Gasteiger partial charge is 0.374 e. The van der Waals surface area contributed by atoms with E-state index < -0.39 is 37.2 Å². The molecule has 1 aromatic carbocycles. The monoisotopic (exact) mass is 667 g/mol. The number of carbonyl (C=O) groups is 4. The molecule has 5 atom stereocenters. The first-order chi connectivity index (χ1) is 21.1. The molecule has 0 bridgehead atoms. The molecule has 45 heavy (non-hydrogen) atoms. The van der Waals surface area contributed by atoms with Gasteiger partial charge >= 0.3 is 7.60 Å². The molecule has 0 saturated carbocycles. The van der Waals surface area contributed by atoms with Crippen molar-refractivity contribution in [2.24, 2.45) is 11.8 Å². The van der Waals surface area contributed by atoms with Crippen LogP contribution in [0.25, 0.3) is 0 Å². The van der Waals surface area contributed by atoms with Gasteiger partial charge in [0.05, 0.1) is 6.54 Å². The first-order valence-electron chi connectivity index (χ1n) is 14.8. The van der Waals surface area contributed by atoms with Gasteiger partial charge in [0, 0.05) is 38.4 Å². The molecule has 0 fully saturated rings. The SMILES string of the molecule is CCC(C)[C@H](NC(=O)CNC)C(=O)N(C)[C@H](CC(OC)c1nc(C(=O)N[C@@H](Cc2ccccc2)C(=O)P(=O)(O)O)cs1)C(C)C. The van der Waals surface area contributed by atoms with Crippen molar-refractivity contribution in [3.63, 3.8) is 0 Å². The number of nitrogens with zero attached hydrogens (tertiary/aromatic N) is 2. The van der Waals surface area contributed by atoms with Crippen LogP contribution in [0.4, 0.5) is 0 Å². The van der Waals surface area contributed by atoms with Gasteiger partial charge in [-0.25, -0.2) is 4.98 Å². The number of likely N-dealkylation sites (N-methyl/N-ethyl adjacent to an activating group) is 2. The average molecular weight is 668 g/mol. The zero-order chi connectivity index (χ0) is 33.9. The number of nitrogens with one attached hydrogen (secondary N) is 3. The van der Waals surface area contributed by atoms with Crippen molar-refractivity contribution in [2.45, 2.75) is 71.2 Å². The van der Waals surface area contributed by atoms with Gasteiger partial charge in [0.2, 0.25) is 11.8 Å². The van der Waals surface area contributed by atoms with Crippen LogP contribution < -0.4 is 16.0 Å². The zero-order valence-electron chi connectivity index (χ0n) is 26.9. The highest BCUT2D eigenvalue weighted by Crippen LogP contribution is 2.37. The fourth-order valence-electron chi connectivity index (χ4n) is 4.87. The molecule has 1 heterocycles. The number of ether oxygens (including phenoxy) is 1. The maximum absolute atomic E-state index is 13.7. The topological polar surface area (TPSA) is 187 Å². The van der Waals surface area contributed by atoms with Gasteiger partial charge in [-0.05, 0) is 24.4 Å². The number of hydrogen-bond acceptors (Lipinski definition) is 9. The third-order valence-electron chi connectivity index (χ3n) is 7.69. The molecule has 250 valence electrons. The van der Waals surface area contributed by atoms with E-state index in [1.54, 1.807) is 49.3 Å². The van der Waals surface area contributed by atoms with Crippen molar-refractivity contribution >= 4 is 42.2 Å². The molecule has 15 heteroatoms. The summed E-state index contributed by atoms with van der Waals surface area (Å²) in [6.45, 7) is 7.91. The van der Waals surface area contributed by atoms with Crippen molar-refractivity contribution in [1.82, 2.24) is 25.8 Å². The molecule has 2 unspecified atom stereocenters. The lowest BCUT2D eigenvalue weighted by Gasteiger charge is -2.37. The van der Waals surface area contributed by atoms with Gasteiger partial charge in [0.15, 0.2) is 0 Å². The number of rotatable bonds is 18. The molecule has 2 rings (SSSR count). The van der Waals surface area contributed by atoms with Crippen LogP contribution in [0.15, 0.2) is 35.7 Å². The average Bonchev–Trinajstić information content (AvgIpc) is 3.49. The Morgan fingerprint density at radius 2 is 1.73 bits per heavy atom. The van der Waals surface area contributed by atoms with E-state index in [2.05, 4.69) is 20.9 Å². The standard InChI is InChI=1S/C30H46N5O8PS/c1-8-19(4)26(34-25(36)16-31-5)29(38)35(6)23(18(2)3)15-24(43-7)28-33-22(17-45-28)27(37)32-21(30(39)44(40,41)42)14-20-12-10-9-11-13-20/h9-13,17-19,21,23-24,26,31H,8,14-16H2,1-7H3,(H,32,37)(H,34,36)(H2,40,41,42)/t19?,21-,23+,24?,26-/m0/s1. The summed E-state index contributed by atoms with van der Waals surface area (Å²) in [5, 5.41) is 10.0. The van der Waals surface area contributed by atoms with Gasteiger partial charge in [-0.15, -0.1) is 11.3 Å². The van der Waals surface area contributed by atoms with Crippen molar-refractivity contribution in [1.29, 1.82) is 0 Å². The van der Waals surface area contributed by atoms with E-state index in [4.69, 9.17) is 4.74 Å². The third kappa shape index (κ3) is 11.1. The van der Waals surface area contributed by atoms with Crippen molar-refractivity contribution in [2.75, 3.05) is 27.7 Å². The Kier molecular flexibility index (Phi) is 15.0. The van der Waals surface area contributed by atoms with E-state index in [0.29, 0.717) is 23.4 Å². The summed E-state index contributed by atoms with van der Waals surface area (Å²) in [6, 6.07) is 6.07. The lowest BCUT2D eigenvalue weighted by molar-refractivity contribution is -0.140. The Labute approximate surface area is 268 Å². The second-order valence-electron chi connectivity index (χ2n) is 11.4. The largest absolute Gasteiger partial charge is 0.393 e. The number of benzene rings is 1. The van der Waals surface area contributed by atoms with Gasteiger partial charge in [0.1, 0.15) is 28.9 Å². The van der Waals surface area contributed by atoms with Gasteiger partial charge in [-0.1, -0.05) is 64.4 Å². The summed E-state index contributed by atoms with van der Waals surface area (Å²) in [4.78, 5) is 76.8. The van der Waals surface area contributed by atoms with Gasteiger partial charge < -0.3 is 35.4 Å². The quantitative estimate of drug-likeness (QED) is 0.148. The van der Waals surface area contributed by atoms with Crippen LogP contribution in [-0.2, 0) is 30.1 Å². The summed E-state index contributed by atoms with van der Waals surface area (Å²) in [6.07, 6.45) is 0.317. The minimum Gasteiger partial charge on any atom is -0.374 e. The summed E-state index contributed by atoms with van der Waals surface area (Å²) in [5.74, 6) is -1.36. The second-order valence-corrected chi connectivity index (χ2v) is 13.8. The first kappa shape index (κ1) is 38.2. The normalized spacial score (nSPS) is 15.1. The highest BCUT2D eigenvalue weighted by Gasteiger charge is 2.37. The Hall–Kier alpha value is -3.00. The fraction of sp³-hybridized carbons (Fsp3) is 0.567. The number of aromatic nitrogens is 1. The molecule has 2 aromatic rings. The van der Waals surface area contributed by atoms with Crippen LogP contribution in [0, 0.1) is 11.8 Å². The maximum atomic E-state index is 13.7. The summed E-state index contributed by atoms with van der Waals surface area (Å²) >= 11 is 1.16.